The van der Waals surface area contributed by atoms with Gasteiger partial charge in [0.05, 0.1) is 12.3 Å². The summed E-state index contributed by atoms with van der Waals surface area (Å²) in [4.78, 5) is 0.748. The molecule has 0 bridgehead atoms. The molecule has 1 aromatic rings. The molecule has 0 radical (unpaired) electrons. The number of aliphatic hydroxyl groups excluding tert-OH is 1. The van der Waals surface area contributed by atoms with Gasteiger partial charge in [-0.3, -0.25) is 0 Å². The van der Waals surface area contributed by atoms with Crippen molar-refractivity contribution in [1.82, 2.24) is 0 Å². The van der Waals surface area contributed by atoms with Crippen molar-refractivity contribution in [2.75, 3.05) is 24.6 Å². The first-order valence-corrected chi connectivity index (χ1v) is 5.29. The van der Waals surface area contributed by atoms with Gasteiger partial charge in [-0.05, 0) is 11.6 Å². The lowest BCUT2D eigenvalue weighted by molar-refractivity contribution is -0.119. The van der Waals surface area contributed by atoms with Crippen molar-refractivity contribution < 1.29 is 22.7 Å². The number of para-hydroxylation sites is 1. The second-order valence-corrected chi connectivity index (χ2v) is 3.71. The molecule has 0 amide bonds. The van der Waals surface area contributed by atoms with Gasteiger partial charge in [0.1, 0.15) is 12.4 Å². The smallest absolute Gasteiger partial charge is 0.395 e. The van der Waals surface area contributed by atoms with E-state index in [1.165, 1.54) is 12.1 Å². The number of nitrogens with zero attached hydrogens (tertiary/aromatic N) is 1. The van der Waals surface area contributed by atoms with Crippen molar-refractivity contribution in [2.45, 2.75) is 12.7 Å². The van der Waals surface area contributed by atoms with Crippen LogP contribution in [-0.4, -0.2) is 31.0 Å². The Morgan fingerprint density at radius 2 is 1.94 bits per heavy atom. The maximum atomic E-state index is 13.6. The van der Waals surface area contributed by atoms with Crippen LogP contribution < -0.4 is 10.6 Å². The first kappa shape index (κ1) is 14.7. The normalized spacial score (nSPS) is 11.7. The Morgan fingerprint density at radius 1 is 1.28 bits per heavy atom. The van der Waals surface area contributed by atoms with Crippen molar-refractivity contribution in [3.05, 3.63) is 29.6 Å². The highest BCUT2D eigenvalue weighted by molar-refractivity contribution is 5.55. The second kappa shape index (κ2) is 6.01. The van der Waals surface area contributed by atoms with Crippen LogP contribution in [0, 0.1) is 5.82 Å². The van der Waals surface area contributed by atoms with E-state index in [-0.39, 0.29) is 24.3 Å². The SMILES string of the molecule is NCc1cccc(F)c1N(CCO)CC(F)(F)F. The molecular formula is C11H14F4N2O. The van der Waals surface area contributed by atoms with E-state index in [0.29, 0.717) is 0 Å². The average Bonchev–Trinajstić information content (AvgIpc) is 2.26. The van der Waals surface area contributed by atoms with E-state index in [9.17, 15) is 17.6 Å². The van der Waals surface area contributed by atoms with Gasteiger partial charge >= 0.3 is 6.18 Å². The molecule has 0 spiro atoms. The highest BCUT2D eigenvalue weighted by Crippen LogP contribution is 2.27. The van der Waals surface area contributed by atoms with Crippen LogP contribution in [0.15, 0.2) is 18.2 Å². The zero-order chi connectivity index (χ0) is 13.8. The predicted molar refractivity (Wildman–Crippen MR) is 59.6 cm³/mol. The van der Waals surface area contributed by atoms with E-state index in [1.807, 2.05) is 0 Å². The summed E-state index contributed by atoms with van der Waals surface area (Å²) in [6, 6.07) is 3.90. The van der Waals surface area contributed by atoms with Crippen molar-refractivity contribution in [2.24, 2.45) is 5.73 Å². The summed E-state index contributed by atoms with van der Waals surface area (Å²) in [6.07, 6.45) is -4.48. The Labute approximate surface area is 102 Å². The molecule has 3 N–H and O–H groups in total. The Hall–Kier alpha value is -1.34. The molecule has 0 aliphatic carbocycles. The molecule has 1 rings (SSSR count). The van der Waals surface area contributed by atoms with Crippen molar-refractivity contribution in [1.29, 1.82) is 0 Å². The molecule has 0 unspecified atom stereocenters. The average molecular weight is 266 g/mol. The van der Waals surface area contributed by atoms with Crippen LogP contribution in [0.5, 0.6) is 0 Å². The minimum Gasteiger partial charge on any atom is -0.395 e. The minimum atomic E-state index is -4.48. The van der Waals surface area contributed by atoms with Gasteiger partial charge < -0.3 is 15.7 Å². The molecule has 3 nitrogen and oxygen atoms in total. The van der Waals surface area contributed by atoms with Gasteiger partial charge in [-0.1, -0.05) is 12.1 Å². The summed E-state index contributed by atoms with van der Waals surface area (Å²) in [5.74, 6) is -0.782. The van der Waals surface area contributed by atoms with Gasteiger partial charge in [-0.15, -0.1) is 0 Å². The first-order chi connectivity index (χ1) is 8.39. The number of nitrogens with two attached hydrogens (primary N) is 1. The van der Waals surface area contributed by atoms with E-state index in [0.717, 1.165) is 11.0 Å². The highest BCUT2D eigenvalue weighted by Gasteiger charge is 2.32. The zero-order valence-electron chi connectivity index (χ0n) is 9.54. The van der Waals surface area contributed by atoms with Crippen molar-refractivity contribution in [3.63, 3.8) is 0 Å². The van der Waals surface area contributed by atoms with E-state index in [4.69, 9.17) is 10.8 Å². The molecule has 18 heavy (non-hydrogen) atoms. The lowest BCUT2D eigenvalue weighted by Crippen LogP contribution is -2.37. The van der Waals surface area contributed by atoms with E-state index in [2.05, 4.69) is 0 Å². The number of hydrogen-bond donors (Lipinski definition) is 2. The second-order valence-electron chi connectivity index (χ2n) is 3.71. The molecule has 1 aromatic carbocycles. The third-order valence-electron chi connectivity index (χ3n) is 2.35. The zero-order valence-corrected chi connectivity index (χ0v) is 9.54. The van der Waals surface area contributed by atoms with Gasteiger partial charge in [-0.25, -0.2) is 4.39 Å². The standard InChI is InChI=1S/C11H14F4N2O/c12-9-3-1-2-8(6-16)10(9)17(4-5-18)7-11(13,14)15/h1-3,18H,4-7,16H2. The van der Waals surface area contributed by atoms with Crippen LogP contribution >= 0.6 is 0 Å². The van der Waals surface area contributed by atoms with Crippen molar-refractivity contribution in [3.8, 4) is 0 Å². The van der Waals surface area contributed by atoms with Crippen LogP contribution in [0.25, 0.3) is 0 Å². The Balaban J connectivity index is 3.12. The molecule has 0 saturated heterocycles. The fourth-order valence-electron chi connectivity index (χ4n) is 1.69. The summed E-state index contributed by atoms with van der Waals surface area (Å²) in [5, 5.41) is 8.79. The van der Waals surface area contributed by atoms with E-state index in [1.54, 1.807) is 0 Å². The van der Waals surface area contributed by atoms with Gasteiger partial charge in [0, 0.05) is 13.1 Å². The number of hydrogen-bond acceptors (Lipinski definition) is 3. The molecule has 0 aromatic heterocycles. The number of alkyl halides is 3. The van der Waals surface area contributed by atoms with Crippen LogP contribution in [0.3, 0.4) is 0 Å². The Bertz CT molecular complexity index is 395. The minimum absolute atomic E-state index is 0.0765. The van der Waals surface area contributed by atoms with Gasteiger partial charge in [0.25, 0.3) is 0 Å². The summed E-state index contributed by atoms with van der Waals surface area (Å²) in [7, 11) is 0. The number of rotatable bonds is 5. The summed E-state index contributed by atoms with van der Waals surface area (Å²) < 4.78 is 50.9. The third-order valence-corrected chi connectivity index (χ3v) is 2.35. The van der Waals surface area contributed by atoms with E-state index >= 15 is 0 Å². The van der Waals surface area contributed by atoms with Crippen LogP contribution in [0.2, 0.25) is 0 Å². The Kier molecular flexibility index (Phi) is 4.92. The van der Waals surface area contributed by atoms with Crippen molar-refractivity contribution >= 4 is 5.69 Å². The molecule has 0 heterocycles. The van der Waals surface area contributed by atoms with Crippen LogP contribution in [0.4, 0.5) is 23.2 Å². The summed E-state index contributed by atoms with van der Waals surface area (Å²) in [6.45, 7) is -2.23. The number of benzene rings is 1. The summed E-state index contributed by atoms with van der Waals surface area (Å²) >= 11 is 0. The molecule has 0 saturated carbocycles. The Morgan fingerprint density at radius 3 is 2.44 bits per heavy atom. The lowest BCUT2D eigenvalue weighted by atomic mass is 10.1. The van der Waals surface area contributed by atoms with Crippen LogP contribution in [0.1, 0.15) is 5.56 Å². The third kappa shape index (κ3) is 3.85. The topological polar surface area (TPSA) is 49.5 Å². The molecule has 102 valence electrons. The molecule has 0 aliphatic rings. The largest absolute Gasteiger partial charge is 0.405 e. The molecule has 0 atom stereocenters. The number of anilines is 1. The fourth-order valence-corrected chi connectivity index (χ4v) is 1.69. The first-order valence-electron chi connectivity index (χ1n) is 5.29. The number of halogens is 4. The quantitative estimate of drug-likeness (QED) is 0.797. The van der Waals surface area contributed by atoms with Gasteiger partial charge in [0.15, 0.2) is 0 Å². The lowest BCUT2D eigenvalue weighted by Gasteiger charge is -2.27. The monoisotopic (exact) mass is 266 g/mol. The maximum Gasteiger partial charge on any atom is 0.405 e. The fraction of sp³-hybridized carbons (Fsp3) is 0.455. The molecule has 0 aliphatic heterocycles. The molecular weight excluding hydrogens is 252 g/mol. The van der Waals surface area contributed by atoms with Gasteiger partial charge in [0.2, 0.25) is 0 Å². The van der Waals surface area contributed by atoms with E-state index < -0.39 is 25.1 Å². The predicted octanol–water partition coefficient (Wildman–Crippen LogP) is 1.65. The molecule has 0 fully saturated rings. The summed E-state index contributed by atoms with van der Waals surface area (Å²) in [5.41, 5.74) is 5.45. The van der Waals surface area contributed by atoms with Gasteiger partial charge in [-0.2, -0.15) is 13.2 Å². The van der Waals surface area contributed by atoms with Crippen LogP contribution in [-0.2, 0) is 6.54 Å². The molecule has 7 heteroatoms. The number of aliphatic hydroxyl groups is 1. The highest BCUT2D eigenvalue weighted by atomic mass is 19.4. The maximum absolute atomic E-state index is 13.6.